The Hall–Kier alpha value is -2.24. The van der Waals surface area contributed by atoms with Crippen molar-refractivity contribution in [2.75, 3.05) is 5.43 Å². The number of ether oxygens (including phenoxy) is 1. The summed E-state index contributed by atoms with van der Waals surface area (Å²) in [5, 5.41) is 0.856. The van der Waals surface area contributed by atoms with Gasteiger partial charge in [-0.3, -0.25) is 10.2 Å². The van der Waals surface area contributed by atoms with Gasteiger partial charge < -0.3 is 4.74 Å². The molecule has 0 aliphatic rings. The Balaban J connectivity index is 1.72. The SMILES string of the molecule is CC(Oc1ccc(Cl)cc1Cl)C(=O)Nn1cnc2ccccc21. The van der Waals surface area contributed by atoms with Gasteiger partial charge in [-0.15, -0.1) is 0 Å². The van der Waals surface area contributed by atoms with Crippen LogP contribution in [0.1, 0.15) is 6.92 Å². The third-order valence-electron chi connectivity index (χ3n) is 3.25. The standard InChI is InChI=1S/C16H13Cl2N3O2/c1-10(23-15-7-6-11(17)8-12(15)18)16(22)20-21-9-19-13-4-2-3-5-14(13)21/h2-10H,1H3,(H,20,22). The van der Waals surface area contributed by atoms with E-state index in [0.717, 1.165) is 11.0 Å². The van der Waals surface area contributed by atoms with Crippen LogP contribution in [0, 0.1) is 0 Å². The number of benzene rings is 2. The Kier molecular flexibility index (Phi) is 4.41. The fraction of sp³-hybridized carbons (Fsp3) is 0.125. The maximum absolute atomic E-state index is 12.3. The summed E-state index contributed by atoms with van der Waals surface area (Å²) in [4.78, 5) is 16.5. The molecule has 23 heavy (non-hydrogen) atoms. The Morgan fingerprint density at radius 1 is 1.26 bits per heavy atom. The average Bonchev–Trinajstić information content (AvgIpc) is 2.93. The maximum Gasteiger partial charge on any atom is 0.279 e. The van der Waals surface area contributed by atoms with E-state index in [1.807, 2.05) is 24.3 Å². The number of halogens is 2. The first-order valence-electron chi connectivity index (χ1n) is 6.89. The monoisotopic (exact) mass is 349 g/mol. The maximum atomic E-state index is 12.3. The van der Waals surface area contributed by atoms with Crippen molar-refractivity contribution < 1.29 is 9.53 Å². The van der Waals surface area contributed by atoms with Crippen molar-refractivity contribution in [2.24, 2.45) is 0 Å². The van der Waals surface area contributed by atoms with E-state index in [2.05, 4.69) is 10.4 Å². The molecule has 1 heterocycles. The molecule has 1 atom stereocenters. The van der Waals surface area contributed by atoms with Crippen LogP contribution in [0.3, 0.4) is 0 Å². The molecule has 0 aliphatic heterocycles. The Labute approximate surface area is 142 Å². The Morgan fingerprint density at radius 3 is 2.83 bits per heavy atom. The normalized spacial score (nSPS) is 12.1. The summed E-state index contributed by atoms with van der Waals surface area (Å²) >= 11 is 11.9. The van der Waals surface area contributed by atoms with Gasteiger partial charge in [0, 0.05) is 5.02 Å². The smallest absolute Gasteiger partial charge is 0.279 e. The van der Waals surface area contributed by atoms with Gasteiger partial charge >= 0.3 is 0 Å². The molecule has 1 N–H and O–H groups in total. The van der Waals surface area contributed by atoms with Gasteiger partial charge in [-0.25, -0.2) is 9.66 Å². The lowest BCUT2D eigenvalue weighted by Gasteiger charge is -2.16. The number of carbonyl (C=O) groups is 1. The summed E-state index contributed by atoms with van der Waals surface area (Å²) in [6, 6.07) is 12.3. The molecule has 1 unspecified atom stereocenters. The van der Waals surface area contributed by atoms with Crippen molar-refractivity contribution in [2.45, 2.75) is 13.0 Å². The molecule has 3 aromatic rings. The van der Waals surface area contributed by atoms with Crippen molar-refractivity contribution in [3.63, 3.8) is 0 Å². The van der Waals surface area contributed by atoms with E-state index < -0.39 is 6.10 Å². The number of para-hydroxylation sites is 2. The minimum absolute atomic E-state index is 0.320. The molecule has 0 radical (unpaired) electrons. The lowest BCUT2D eigenvalue weighted by molar-refractivity contribution is -0.122. The predicted molar refractivity (Wildman–Crippen MR) is 90.7 cm³/mol. The van der Waals surface area contributed by atoms with Gasteiger partial charge in [-0.1, -0.05) is 35.3 Å². The van der Waals surface area contributed by atoms with Crippen LogP contribution in [0.5, 0.6) is 5.75 Å². The molecule has 0 saturated carbocycles. The van der Waals surface area contributed by atoms with E-state index in [0.29, 0.717) is 15.8 Å². The molecule has 5 nitrogen and oxygen atoms in total. The first-order chi connectivity index (χ1) is 11.0. The van der Waals surface area contributed by atoms with Crippen LogP contribution in [0.25, 0.3) is 11.0 Å². The van der Waals surface area contributed by atoms with Crippen LogP contribution in [-0.4, -0.2) is 21.7 Å². The molecule has 0 saturated heterocycles. The van der Waals surface area contributed by atoms with Crippen LogP contribution in [-0.2, 0) is 4.79 Å². The molecule has 0 bridgehead atoms. The fourth-order valence-corrected chi connectivity index (χ4v) is 2.53. The van der Waals surface area contributed by atoms with Crippen molar-refractivity contribution >= 4 is 40.1 Å². The lowest BCUT2D eigenvalue weighted by atomic mass is 10.3. The van der Waals surface area contributed by atoms with Crippen LogP contribution in [0.2, 0.25) is 10.0 Å². The van der Waals surface area contributed by atoms with Gasteiger partial charge in [-0.05, 0) is 37.3 Å². The highest BCUT2D eigenvalue weighted by atomic mass is 35.5. The first-order valence-corrected chi connectivity index (χ1v) is 7.65. The van der Waals surface area contributed by atoms with Gasteiger partial charge in [0.1, 0.15) is 12.1 Å². The number of nitrogens with one attached hydrogen (secondary N) is 1. The molecule has 0 fully saturated rings. The van der Waals surface area contributed by atoms with E-state index in [4.69, 9.17) is 27.9 Å². The van der Waals surface area contributed by atoms with Gasteiger partial charge in [-0.2, -0.15) is 0 Å². The number of hydrogen-bond donors (Lipinski definition) is 1. The van der Waals surface area contributed by atoms with Crippen LogP contribution >= 0.6 is 23.2 Å². The molecule has 7 heteroatoms. The zero-order valence-corrected chi connectivity index (χ0v) is 13.7. The second kappa shape index (κ2) is 6.48. The van der Waals surface area contributed by atoms with Crippen LogP contribution < -0.4 is 10.2 Å². The molecular formula is C16H13Cl2N3O2. The summed E-state index contributed by atoms with van der Waals surface area (Å²) in [5.74, 6) is 0.0772. The lowest BCUT2D eigenvalue weighted by Crippen LogP contribution is -2.34. The van der Waals surface area contributed by atoms with Gasteiger partial charge in [0.25, 0.3) is 5.91 Å². The number of rotatable bonds is 4. The average molecular weight is 350 g/mol. The highest BCUT2D eigenvalue weighted by Gasteiger charge is 2.17. The highest BCUT2D eigenvalue weighted by Crippen LogP contribution is 2.28. The largest absolute Gasteiger partial charge is 0.479 e. The van der Waals surface area contributed by atoms with Gasteiger partial charge in [0.2, 0.25) is 0 Å². The van der Waals surface area contributed by atoms with Crippen molar-refractivity contribution in [3.8, 4) is 5.75 Å². The Morgan fingerprint density at radius 2 is 2.04 bits per heavy atom. The summed E-state index contributed by atoms with van der Waals surface area (Å²) in [7, 11) is 0. The third-order valence-corrected chi connectivity index (χ3v) is 3.78. The van der Waals surface area contributed by atoms with E-state index in [1.54, 1.807) is 36.1 Å². The molecule has 1 aromatic heterocycles. The summed E-state index contributed by atoms with van der Waals surface area (Å²) in [6.07, 6.45) is 0.805. The van der Waals surface area contributed by atoms with E-state index in [1.165, 1.54) is 0 Å². The number of amides is 1. The molecule has 118 valence electrons. The minimum Gasteiger partial charge on any atom is -0.479 e. The summed E-state index contributed by atoms with van der Waals surface area (Å²) in [6.45, 7) is 1.64. The van der Waals surface area contributed by atoms with Crippen LogP contribution in [0.15, 0.2) is 48.8 Å². The number of carbonyl (C=O) groups excluding carboxylic acids is 1. The van der Waals surface area contributed by atoms with Crippen LogP contribution in [0.4, 0.5) is 0 Å². The van der Waals surface area contributed by atoms with E-state index in [9.17, 15) is 4.79 Å². The van der Waals surface area contributed by atoms with E-state index >= 15 is 0 Å². The minimum atomic E-state index is -0.741. The molecule has 0 spiro atoms. The predicted octanol–water partition coefficient (Wildman–Crippen LogP) is 3.88. The second-order valence-corrected chi connectivity index (χ2v) is 5.76. The Bertz CT molecular complexity index is 863. The number of aromatic nitrogens is 2. The van der Waals surface area contributed by atoms with E-state index in [-0.39, 0.29) is 5.91 Å². The first kappa shape index (κ1) is 15.6. The highest BCUT2D eigenvalue weighted by molar-refractivity contribution is 6.35. The number of imidazole rings is 1. The topological polar surface area (TPSA) is 56.1 Å². The quantitative estimate of drug-likeness (QED) is 0.777. The summed E-state index contributed by atoms with van der Waals surface area (Å²) < 4.78 is 7.14. The molecule has 0 aliphatic carbocycles. The molecular weight excluding hydrogens is 337 g/mol. The summed E-state index contributed by atoms with van der Waals surface area (Å²) in [5.41, 5.74) is 4.33. The third kappa shape index (κ3) is 3.41. The zero-order valence-electron chi connectivity index (χ0n) is 12.2. The number of fused-ring (bicyclic) bond motifs is 1. The van der Waals surface area contributed by atoms with Crippen molar-refractivity contribution in [3.05, 3.63) is 58.8 Å². The number of hydrogen-bond acceptors (Lipinski definition) is 3. The van der Waals surface area contributed by atoms with Crippen molar-refractivity contribution in [1.29, 1.82) is 0 Å². The second-order valence-electron chi connectivity index (χ2n) is 4.91. The zero-order chi connectivity index (χ0) is 16.4. The van der Waals surface area contributed by atoms with Gasteiger partial charge in [0.15, 0.2) is 6.10 Å². The number of nitrogens with zero attached hydrogens (tertiary/aromatic N) is 2. The van der Waals surface area contributed by atoms with Gasteiger partial charge in [0.05, 0.1) is 16.1 Å². The van der Waals surface area contributed by atoms with Crippen molar-refractivity contribution in [1.82, 2.24) is 9.66 Å². The molecule has 2 aromatic carbocycles. The fourth-order valence-electron chi connectivity index (χ4n) is 2.07. The molecule has 1 amide bonds. The molecule has 3 rings (SSSR count).